The Morgan fingerprint density at radius 1 is 0.795 bits per heavy atom. The summed E-state index contributed by atoms with van der Waals surface area (Å²) in [6.07, 6.45) is 14.5. The molecule has 6 rings (SSSR count). The van der Waals surface area contributed by atoms with Crippen LogP contribution < -0.4 is 0 Å². The van der Waals surface area contributed by atoms with Crippen LogP contribution in [-0.2, 0) is 0 Å². The maximum Gasteiger partial charge on any atom is 0.0673 e. The number of rotatable bonds is 4. The standard InChI is InChI=1S/C37H62O2/c1-11-12-26(38)24-15-17-35(9)29(23(2)3)30-25-13-14-28-32(6)19-21-36(10,39)31(4,5)27(32)16-18-34(28,8)33(25,7)20-22-37(24,30)35/h24-30,38-39H,2,11-22H2,1,3-10H3/t24-,25?,26?,27-,28+,29-,30-,32-,33+,34+,35?,36?,37+/m0/s1. The number of aliphatic hydroxyl groups excluding tert-OH is 1. The van der Waals surface area contributed by atoms with Crippen molar-refractivity contribution in [1.29, 1.82) is 0 Å². The molecule has 4 unspecified atom stereocenters. The predicted octanol–water partition coefficient (Wildman–Crippen LogP) is 9.19. The highest BCUT2D eigenvalue weighted by Crippen LogP contribution is 2.86. The lowest BCUT2D eigenvalue weighted by molar-refractivity contribution is -0.316. The number of aliphatic hydroxyl groups is 2. The predicted molar refractivity (Wildman–Crippen MR) is 162 cm³/mol. The van der Waals surface area contributed by atoms with Crippen molar-refractivity contribution in [3.63, 3.8) is 0 Å². The van der Waals surface area contributed by atoms with Crippen LogP contribution >= 0.6 is 0 Å². The van der Waals surface area contributed by atoms with Crippen LogP contribution in [0.25, 0.3) is 0 Å². The molecule has 0 aromatic rings. The van der Waals surface area contributed by atoms with E-state index < -0.39 is 5.60 Å². The van der Waals surface area contributed by atoms with Crippen LogP contribution in [0.5, 0.6) is 0 Å². The van der Waals surface area contributed by atoms with Crippen LogP contribution in [0.4, 0.5) is 0 Å². The third-order valence-corrected chi connectivity index (χ3v) is 17.0. The summed E-state index contributed by atoms with van der Waals surface area (Å²) >= 11 is 0. The van der Waals surface area contributed by atoms with Crippen molar-refractivity contribution in [2.24, 2.45) is 68.0 Å². The molecule has 0 aromatic carbocycles. The van der Waals surface area contributed by atoms with Gasteiger partial charge in [-0.05, 0) is 152 Å². The van der Waals surface area contributed by atoms with E-state index in [-0.39, 0.29) is 11.5 Å². The fourth-order valence-corrected chi connectivity index (χ4v) is 14.7. The minimum absolute atomic E-state index is 0.0387. The molecule has 0 amide bonds. The average Bonchev–Trinajstić information content (AvgIpc) is 3.05. The van der Waals surface area contributed by atoms with Gasteiger partial charge < -0.3 is 10.2 Å². The number of hydrogen-bond acceptors (Lipinski definition) is 2. The van der Waals surface area contributed by atoms with E-state index in [0.717, 1.165) is 31.1 Å². The van der Waals surface area contributed by atoms with Crippen LogP contribution in [0, 0.1) is 68.0 Å². The normalized spacial score (nSPS) is 58.1. The van der Waals surface area contributed by atoms with Gasteiger partial charge in [0.15, 0.2) is 0 Å². The van der Waals surface area contributed by atoms with Gasteiger partial charge in [-0.25, -0.2) is 0 Å². The fraction of sp³-hybridized carbons (Fsp3) is 0.946. The summed E-state index contributed by atoms with van der Waals surface area (Å²) in [5.74, 6) is 3.89. The third-order valence-electron chi connectivity index (χ3n) is 17.0. The molecule has 0 saturated heterocycles. The van der Waals surface area contributed by atoms with Crippen LogP contribution in [-0.4, -0.2) is 21.9 Å². The van der Waals surface area contributed by atoms with Gasteiger partial charge >= 0.3 is 0 Å². The van der Waals surface area contributed by atoms with Gasteiger partial charge in [0.1, 0.15) is 0 Å². The third kappa shape index (κ3) is 3.08. The van der Waals surface area contributed by atoms with Crippen LogP contribution in [0.2, 0.25) is 0 Å². The highest BCUT2D eigenvalue weighted by molar-refractivity contribution is 5.33. The summed E-state index contributed by atoms with van der Waals surface area (Å²) in [6, 6.07) is 0. The number of fused-ring (bicyclic) bond motifs is 6. The summed E-state index contributed by atoms with van der Waals surface area (Å²) in [7, 11) is 0. The van der Waals surface area contributed by atoms with Crippen molar-refractivity contribution in [1.82, 2.24) is 0 Å². The number of allylic oxidation sites excluding steroid dienone is 1. The zero-order chi connectivity index (χ0) is 28.6. The summed E-state index contributed by atoms with van der Waals surface area (Å²) in [5, 5.41) is 23.1. The Balaban J connectivity index is 1.40. The quantitative estimate of drug-likeness (QED) is 0.350. The van der Waals surface area contributed by atoms with E-state index in [1.54, 1.807) is 0 Å². The van der Waals surface area contributed by atoms with Crippen LogP contribution in [0.1, 0.15) is 139 Å². The van der Waals surface area contributed by atoms with Gasteiger partial charge in [-0.2, -0.15) is 0 Å². The maximum atomic E-state index is 11.6. The topological polar surface area (TPSA) is 40.5 Å². The van der Waals surface area contributed by atoms with Crippen LogP contribution in [0.3, 0.4) is 0 Å². The summed E-state index contributed by atoms with van der Waals surface area (Å²) in [6.45, 7) is 26.8. The second-order valence-corrected chi connectivity index (χ2v) is 18.0. The minimum Gasteiger partial charge on any atom is -0.393 e. The Kier molecular flexibility index (Phi) is 6.19. The van der Waals surface area contributed by atoms with Gasteiger partial charge in [0.05, 0.1) is 11.7 Å². The molecule has 39 heavy (non-hydrogen) atoms. The molecule has 0 heterocycles. The van der Waals surface area contributed by atoms with E-state index in [9.17, 15) is 10.2 Å². The zero-order valence-electron chi connectivity index (χ0n) is 27.1. The second-order valence-electron chi connectivity index (χ2n) is 18.0. The Morgan fingerprint density at radius 2 is 1.46 bits per heavy atom. The molecule has 6 saturated carbocycles. The van der Waals surface area contributed by atoms with E-state index in [2.05, 4.69) is 68.9 Å². The molecule has 6 fully saturated rings. The molecule has 1 spiro atoms. The van der Waals surface area contributed by atoms with E-state index in [1.165, 1.54) is 63.4 Å². The van der Waals surface area contributed by atoms with Gasteiger partial charge in [-0.3, -0.25) is 0 Å². The summed E-state index contributed by atoms with van der Waals surface area (Å²) in [4.78, 5) is 0. The number of hydrogen-bond donors (Lipinski definition) is 2. The molecule has 0 aliphatic heterocycles. The van der Waals surface area contributed by atoms with E-state index in [0.29, 0.717) is 50.7 Å². The van der Waals surface area contributed by atoms with Crippen molar-refractivity contribution in [3.05, 3.63) is 12.2 Å². The fourth-order valence-electron chi connectivity index (χ4n) is 14.7. The first-order valence-electron chi connectivity index (χ1n) is 17.1. The van der Waals surface area contributed by atoms with Crippen molar-refractivity contribution in [3.8, 4) is 0 Å². The Morgan fingerprint density at radius 3 is 2.10 bits per heavy atom. The lowest BCUT2D eigenvalue weighted by Crippen LogP contribution is -2.74. The van der Waals surface area contributed by atoms with E-state index in [1.807, 2.05) is 0 Å². The van der Waals surface area contributed by atoms with Gasteiger partial charge in [-0.1, -0.05) is 67.0 Å². The Hall–Kier alpha value is -0.340. The molecule has 0 bridgehead atoms. The molecule has 2 nitrogen and oxygen atoms in total. The molecule has 6 aliphatic carbocycles. The molecule has 0 aromatic heterocycles. The van der Waals surface area contributed by atoms with Crippen LogP contribution in [0.15, 0.2) is 12.2 Å². The first-order chi connectivity index (χ1) is 18.0. The van der Waals surface area contributed by atoms with Gasteiger partial charge in [0, 0.05) is 0 Å². The molecule has 0 radical (unpaired) electrons. The molecule has 13 atom stereocenters. The first kappa shape index (κ1) is 28.8. The van der Waals surface area contributed by atoms with Crippen molar-refractivity contribution >= 4 is 0 Å². The van der Waals surface area contributed by atoms with E-state index in [4.69, 9.17) is 0 Å². The van der Waals surface area contributed by atoms with Gasteiger partial charge in [0.25, 0.3) is 0 Å². The molecule has 2 N–H and O–H groups in total. The molecular formula is C37H62O2. The lowest BCUT2D eigenvalue weighted by atomic mass is 9.24. The molecule has 222 valence electrons. The summed E-state index contributed by atoms with van der Waals surface area (Å²) in [5.41, 5.74) is 2.47. The zero-order valence-corrected chi connectivity index (χ0v) is 27.1. The van der Waals surface area contributed by atoms with Gasteiger partial charge in [0.2, 0.25) is 0 Å². The van der Waals surface area contributed by atoms with Crippen molar-refractivity contribution < 1.29 is 10.2 Å². The van der Waals surface area contributed by atoms with Crippen molar-refractivity contribution in [2.45, 2.75) is 151 Å². The molecule has 6 aliphatic rings. The largest absolute Gasteiger partial charge is 0.393 e. The van der Waals surface area contributed by atoms with Crippen molar-refractivity contribution in [2.75, 3.05) is 0 Å². The highest BCUT2D eigenvalue weighted by atomic mass is 16.3. The second kappa shape index (κ2) is 8.39. The lowest BCUT2D eigenvalue weighted by Gasteiger charge is -2.80. The molecule has 2 heteroatoms. The first-order valence-corrected chi connectivity index (χ1v) is 17.1. The smallest absolute Gasteiger partial charge is 0.0673 e. The average molecular weight is 539 g/mol. The SMILES string of the molecule is C=C(C)[C@H]1[C@@H]2C3CC[C@@H]4[C@@]5(C)CCC(C)(O)C(C)(C)[C@@H]5CC[C@@]4(C)[C@]3(C)CC[C@@]23[C@H](C(O)CCC)CCC13C. The van der Waals surface area contributed by atoms with E-state index >= 15 is 0 Å². The minimum atomic E-state index is -0.564. The monoisotopic (exact) mass is 538 g/mol. The Labute approximate surface area is 241 Å². The van der Waals surface area contributed by atoms with Gasteiger partial charge in [-0.15, -0.1) is 0 Å². The maximum absolute atomic E-state index is 11.6. The summed E-state index contributed by atoms with van der Waals surface area (Å²) < 4.78 is 0. The molecular weight excluding hydrogens is 476 g/mol. The Bertz CT molecular complexity index is 1030. The highest BCUT2D eigenvalue weighted by Gasteiger charge is 2.81.